The van der Waals surface area contributed by atoms with Crippen molar-refractivity contribution in [3.05, 3.63) is 60.8 Å². The Kier molecular flexibility index (Phi) is 106. The first kappa shape index (κ1) is 110. The zero-order chi connectivity index (χ0) is 78.3. The molecule has 2 unspecified atom stereocenters. The highest BCUT2D eigenvalue weighted by molar-refractivity contribution is 5.70. The first-order valence-corrected chi connectivity index (χ1v) is 44.8. The van der Waals surface area contributed by atoms with Crippen molar-refractivity contribution in [2.24, 2.45) is 5.92 Å². The van der Waals surface area contributed by atoms with Gasteiger partial charge in [0.15, 0.2) is 0 Å². The predicted octanol–water partition coefficient (Wildman–Crippen LogP) is 29.5. The molecule has 105 heavy (non-hydrogen) atoms. The molecule has 12 heteroatoms. The van der Waals surface area contributed by atoms with E-state index in [2.05, 4.69) is 95.4 Å². The quantitative estimate of drug-likeness (QED) is 0.0223. The van der Waals surface area contributed by atoms with Gasteiger partial charge in [-0.15, -0.1) is 0 Å². The Balaban J connectivity index is -0.000000398. The van der Waals surface area contributed by atoms with E-state index in [4.69, 9.17) is 30.6 Å². The third kappa shape index (κ3) is 119. The molecule has 7 N–H and O–H groups in total. The molecule has 0 aliphatic carbocycles. The molecule has 0 aromatic carbocycles. The number of carboxylic acid groups (broad SMARTS) is 5. The minimum atomic E-state index is -0.919. The SMILES string of the molecule is CCCCCCCCC=CCCCCCCC(CC(O)CO)C(=O)O.CCCCCCCCC=CCCCCCCCC(=O)O.CCCCCCCCC=CCCCCCCCC(=O)O.CCCCCCCCC=CCCCCCCCC(=O)O.CCCCCCCCC=CCCCCCCCC(=O)O. The maximum atomic E-state index is 11.1. The van der Waals surface area contributed by atoms with Gasteiger partial charge in [0.25, 0.3) is 0 Å². The second kappa shape index (κ2) is 102. The highest BCUT2D eigenvalue weighted by Crippen LogP contribution is 2.19. The fourth-order valence-electron chi connectivity index (χ4n) is 12.4. The van der Waals surface area contributed by atoms with Gasteiger partial charge in [-0.2, -0.15) is 0 Å². The molecule has 0 radical (unpaired) electrons. The summed E-state index contributed by atoms with van der Waals surface area (Å²) in [4.78, 5) is 52.4. The molecule has 0 spiro atoms. The first-order valence-electron chi connectivity index (χ1n) is 44.8. The number of rotatable bonds is 78. The number of carboxylic acids is 5. The standard InChI is InChI=1S/C21H40O4.4C18H34O2/c1-2-3-4-5-6-7-8-9-10-11-12-13-14-15-16-19(21(24)25)17-20(23)18-22;4*1-2-3-4-5-6-7-8-9-10-11-12-13-14-15-16-17-18(19)20/h9-10,19-20,22-23H,2-8,11-18H2,1H3,(H,24,25);4*9-10H,2-8,11-17H2,1H3,(H,19,20). The van der Waals surface area contributed by atoms with Gasteiger partial charge in [-0.1, -0.05) is 352 Å². The van der Waals surface area contributed by atoms with Crippen LogP contribution in [0.25, 0.3) is 0 Å². The van der Waals surface area contributed by atoms with Crippen molar-refractivity contribution in [1.29, 1.82) is 0 Å². The van der Waals surface area contributed by atoms with E-state index in [1.807, 2.05) is 0 Å². The highest BCUT2D eigenvalue weighted by Gasteiger charge is 2.20. The average Bonchev–Trinajstić information content (AvgIpc) is 1.04. The Morgan fingerprint density at radius 3 is 0.533 bits per heavy atom. The van der Waals surface area contributed by atoms with Crippen molar-refractivity contribution in [2.45, 2.75) is 490 Å². The van der Waals surface area contributed by atoms with Crippen LogP contribution >= 0.6 is 0 Å². The summed E-state index contributed by atoms with van der Waals surface area (Å²) in [5.41, 5.74) is 0. The van der Waals surface area contributed by atoms with Crippen LogP contribution in [0.4, 0.5) is 0 Å². The van der Waals surface area contributed by atoms with Crippen LogP contribution in [0.15, 0.2) is 60.8 Å². The third-order valence-corrected chi connectivity index (χ3v) is 19.3. The Morgan fingerprint density at radius 1 is 0.229 bits per heavy atom. The van der Waals surface area contributed by atoms with Crippen LogP contribution in [0, 0.1) is 5.92 Å². The topological polar surface area (TPSA) is 227 Å². The Bertz CT molecular complexity index is 1670. The average molecular weight is 1490 g/mol. The minimum Gasteiger partial charge on any atom is -0.481 e. The summed E-state index contributed by atoms with van der Waals surface area (Å²) in [5, 5.41) is 61.3. The second-order valence-corrected chi connectivity index (χ2v) is 30.0. The Hall–Kier alpha value is -4.03. The van der Waals surface area contributed by atoms with Crippen LogP contribution in [0.3, 0.4) is 0 Å². The van der Waals surface area contributed by atoms with Gasteiger partial charge >= 0.3 is 29.8 Å². The number of carbonyl (C=O) groups is 5. The van der Waals surface area contributed by atoms with E-state index in [0.29, 0.717) is 32.1 Å². The lowest BCUT2D eigenvalue weighted by atomic mass is 9.95. The summed E-state index contributed by atoms with van der Waals surface area (Å²) in [6.45, 7) is 10.9. The minimum absolute atomic E-state index is 0.146. The second-order valence-electron chi connectivity index (χ2n) is 30.0. The van der Waals surface area contributed by atoms with Crippen molar-refractivity contribution < 1.29 is 59.7 Å². The van der Waals surface area contributed by atoms with Crippen LogP contribution in [0.1, 0.15) is 484 Å². The molecule has 0 saturated carbocycles. The Morgan fingerprint density at radius 2 is 0.381 bits per heavy atom. The molecule has 0 aliphatic rings. The normalized spacial score (nSPS) is 11.9. The molecule has 620 valence electrons. The van der Waals surface area contributed by atoms with E-state index in [9.17, 15) is 29.1 Å². The Labute approximate surface area is 649 Å². The van der Waals surface area contributed by atoms with Gasteiger partial charge in [-0.05, 0) is 167 Å². The van der Waals surface area contributed by atoms with Gasteiger partial charge in [0.1, 0.15) is 0 Å². The maximum absolute atomic E-state index is 11.1. The molecular weight excluding hydrogens is 1310 g/mol. The lowest BCUT2D eigenvalue weighted by molar-refractivity contribution is -0.143. The lowest BCUT2D eigenvalue weighted by Gasteiger charge is -2.14. The highest BCUT2D eigenvalue weighted by atomic mass is 16.4. The predicted molar refractivity (Wildman–Crippen MR) is 452 cm³/mol. The summed E-state index contributed by atoms with van der Waals surface area (Å²) < 4.78 is 0. The molecule has 0 heterocycles. The van der Waals surface area contributed by atoms with Gasteiger partial charge in [0.05, 0.1) is 18.6 Å². The van der Waals surface area contributed by atoms with Crippen molar-refractivity contribution >= 4 is 29.8 Å². The van der Waals surface area contributed by atoms with Crippen LogP contribution in [-0.2, 0) is 24.0 Å². The molecule has 0 aromatic rings. The maximum Gasteiger partial charge on any atom is 0.306 e. The molecule has 12 nitrogen and oxygen atoms in total. The van der Waals surface area contributed by atoms with Gasteiger partial charge in [0, 0.05) is 25.7 Å². The van der Waals surface area contributed by atoms with Crippen LogP contribution in [0.2, 0.25) is 0 Å². The fraction of sp³-hybridized carbons (Fsp3) is 0.839. The van der Waals surface area contributed by atoms with E-state index >= 15 is 0 Å². The summed E-state index contributed by atoms with van der Waals surface area (Å²) in [7, 11) is 0. The summed E-state index contributed by atoms with van der Waals surface area (Å²) in [6, 6.07) is 0. The van der Waals surface area contributed by atoms with E-state index < -0.39 is 41.9 Å². The van der Waals surface area contributed by atoms with Crippen molar-refractivity contribution in [3.8, 4) is 0 Å². The van der Waals surface area contributed by atoms with Gasteiger partial charge in [-0.25, -0.2) is 0 Å². The first-order chi connectivity index (χ1) is 51.2. The number of unbranched alkanes of at least 4 members (excludes halogenated alkanes) is 54. The fourth-order valence-corrected chi connectivity index (χ4v) is 12.4. The largest absolute Gasteiger partial charge is 0.481 e. The number of allylic oxidation sites excluding steroid dienone is 10. The summed E-state index contributed by atoms with van der Waals surface area (Å²) in [6.07, 6.45) is 104. The number of hydrogen-bond donors (Lipinski definition) is 7. The third-order valence-electron chi connectivity index (χ3n) is 19.3. The monoisotopic (exact) mass is 1490 g/mol. The van der Waals surface area contributed by atoms with Crippen LogP contribution < -0.4 is 0 Å². The number of aliphatic carboxylic acids is 5. The zero-order valence-electron chi connectivity index (χ0n) is 69.8. The lowest BCUT2D eigenvalue weighted by Crippen LogP contribution is -2.23. The zero-order valence-corrected chi connectivity index (χ0v) is 69.8. The molecule has 0 saturated heterocycles. The van der Waals surface area contributed by atoms with E-state index in [-0.39, 0.29) is 13.0 Å². The molecule has 2 atom stereocenters. The smallest absolute Gasteiger partial charge is 0.306 e. The molecular formula is C93H176O12. The van der Waals surface area contributed by atoms with E-state index in [1.54, 1.807) is 0 Å². The number of aliphatic hydroxyl groups is 2. The molecule has 0 fully saturated rings. The summed E-state index contributed by atoms with van der Waals surface area (Å²) in [5.74, 6) is -4.07. The van der Waals surface area contributed by atoms with Crippen LogP contribution in [-0.4, -0.2) is 78.3 Å². The summed E-state index contributed by atoms with van der Waals surface area (Å²) >= 11 is 0. The van der Waals surface area contributed by atoms with Crippen molar-refractivity contribution in [1.82, 2.24) is 0 Å². The van der Waals surface area contributed by atoms with Gasteiger partial charge in [0.2, 0.25) is 0 Å². The molecule has 0 rings (SSSR count). The number of aliphatic hydroxyl groups excluding tert-OH is 2. The molecule has 0 amide bonds. The molecule has 0 aliphatic heterocycles. The van der Waals surface area contributed by atoms with Crippen molar-refractivity contribution in [3.63, 3.8) is 0 Å². The molecule has 0 aromatic heterocycles. The molecule has 0 bridgehead atoms. The number of hydrogen-bond acceptors (Lipinski definition) is 7. The van der Waals surface area contributed by atoms with E-state index in [0.717, 1.165) is 83.5 Å². The van der Waals surface area contributed by atoms with Gasteiger partial charge in [-0.3, -0.25) is 24.0 Å². The van der Waals surface area contributed by atoms with Crippen LogP contribution in [0.5, 0.6) is 0 Å². The van der Waals surface area contributed by atoms with Crippen molar-refractivity contribution in [2.75, 3.05) is 6.61 Å². The van der Waals surface area contributed by atoms with Gasteiger partial charge < -0.3 is 35.7 Å². The van der Waals surface area contributed by atoms with E-state index in [1.165, 1.54) is 327 Å².